The summed E-state index contributed by atoms with van der Waals surface area (Å²) in [4.78, 5) is 0. The molecule has 2 N–H and O–H groups in total. The predicted molar refractivity (Wildman–Crippen MR) is 58.0 cm³/mol. The van der Waals surface area contributed by atoms with Crippen molar-refractivity contribution in [1.82, 2.24) is 5.32 Å². The van der Waals surface area contributed by atoms with Gasteiger partial charge in [0, 0.05) is 4.47 Å². The van der Waals surface area contributed by atoms with Gasteiger partial charge in [0.05, 0.1) is 18.2 Å². The Balaban J connectivity index is 3.17. The first-order valence-corrected chi connectivity index (χ1v) is 5.33. The molecule has 0 saturated heterocycles. The molecule has 0 radical (unpaired) electrons. The van der Waals surface area contributed by atoms with E-state index in [4.69, 9.17) is 5.11 Å². The van der Waals surface area contributed by atoms with Gasteiger partial charge in [-0.3, -0.25) is 0 Å². The molecule has 0 aromatic heterocycles. The van der Waals surface area contributed by atoms with Gasteiger partial charge < -0.3 is 10.4 Å². The first-order valence-electron chi connectivity index (χ1n) is 4.54. The van der Waals surface area contributed by atoms with Gasteiger partial charge in [-0.2, -0.15) is 13.2 Å². The molecular formula is C10H11BrF3NO. The zero-order valence-electron chi connectivity index (χ0n) is 8.48. The quantitative estimate of drug-likeness (QED) is 0.899. The van der Waals surface area contributed by atoms with Crippen LogP contribution >= 0.6 is 15.9 Å². The van der Waals surface area contributed by atoms with Gasteiger partial charge in [-0.15, -0.1) is 0 Å². The van der Waals surface area contributed by atoms with Crippen molar-refractivity contribution in [2.75, 3.05) is 13.7 Å². The average Bonchev–Trinajstić information content (AvgIpc) is 2.17. The van der Waals surface area contributed by atoms with Crippen LogP contribution in [0.2, 0.25) is 0 Å². The molecule has 0 fully saturated rings. The van der Waals surface area contributed by atoms with E-state index in [0.717, 1.165) is 12.1 Å². The van der Waals surface area contributed by atoms with Crippen molar-refractivity contribution < 1.29 is 18.3 Å². The molecule has 1 aromatic rings. The number of aliphatic hydroxyl groups is 1. The minimum Gasteiger partial charge on any atom is -0.394 e. The molecule has 0 aliphatic rings. The molecule has 0 amide bonds. The zero-order chi connectivity index (χ0) is 12.3. The number of likely N-dealkylation sites (N-methyl/N-ethyl adjacent to an activating group) is 1. The van der Waals surface area contributed by atoms with Crippen molar-refractivity contribution in [2.45, 2.75) is 12.2 Å². The lowest BCUT2D eigenvalue weighted by molar-refractivity contribution is -0.137. The Hall–Kier alpha value is -0.590. The number of hydrogen-bond donors (Lipinski definition) is 2. The highest BCUT2D eigenvalue weighted by Crippen LogP contribution is 2.33. The minimum atomic E-state index is -4.38. The Kier molecular flexibility index (Phi) is 4.35. The van der Waals surface area contributed by atoms with Gasteiger partial charge >= 0.3 is 6.18 Å². The van der Waals surface area contributed by atoms with Crippen LogP contribution in [0.3, 0.4) is 0 Å². The number of halogens is 4. The highest BCUT2D eigenvalue weighted by atomic mass is 79.9. The number of alkyl halides is 3. The largest absolute Gasteiger partial charge is 0.416 e. The second kappa shape index (κ2) is 5.16. The number of hydrogen-bond acceptors (Lipinski definition) is 2. The third kappa shape index (κ3) is 3.20. The van der Waals surface area contributed by atoms with Crippen molar-refractivity contribution in [2.24, 2.45) is 0 Å². The van der Waals surface area contributed by atoms with Crippen molar-refractivity contribution in [3.63, 3.8) is 0 Å². The molecule has 0 spiro atoms. The van der Waals surface area contributed by atoms with Crippen molar-refractivity contribution >= 4 is 15.9 Å². The summed E-state index contributed by atoms with van der Waals surface area (Å²) in [7, 11) is 1.58. The Morgan fingerprint density at radius 1 is 1.38 bits per heavy atom. The molecule has 0 bridgehead atoms. The fourth-order valence-electron chi connectivity index (χ4n) is 1.34. The molecule has 1 atom stereocenters. The summed E-state index contributed by atoms with van der Waals surface area (Å²) in [5.41, 5.74) is -0.336. The van der Waals surface area contributed by atoms with Crippen LogP contribution in [0.4, 0.5) is 13.2 Å². The molecule has 0 aliphatic carbocycles. The lowest BCUT2D eigenvalue weighted by Crippen LogP contribution is -2.20. The number of aliphatic hydroxyl groups excluding tert-OH is 1. The monoisotopic (exact) mass is 297 g/mol. The molecule has 16 heavy (non-hydrogen) atoms. The summed E-state index contributed by atoms with van der Waals surface area (Å²) >= 11 is 3.02. The molecular weight excluding hydrogens is 287 g/mol. The van der Waals surface area contributed by atoms with Crippen LogP contribution in [0, 0.1) is 0 Å². The van der Waals surface area contributed by atoms with E-state index in [1.54, 1.807) is 13.1 Å². The standard InChI is InChI=1S/C10H11BrF3NO/c1-15-9(5-16)6-2-7(10(12,13)14)4-8(11)3-6/h2-4,9,15-16H,5H2,1H3/t9-/m1/s1. The maximum Gasteiger partial charge on any atom is 0.416 e. The molecule has 0 aliphatic heterocycles. The summed E-state index contributed by atoms with van der Waals surface area (Å²) in [5, 5.41) is 11.7. The summed E-state index contributed by atoms with van der Waals surface area (Å²) < 4.78 is 37.9. The van der Waals surface area contributed by atoms with E-state index in [2.05, 4.69) is 21.2 Å². The molecule has 6 heteroatoms. The van der Waals surface area contributed by atoms with E-state index in [1.807, 2.05) is 0 Å². The van der Waals surface area contributed by atoms with E-state index in [9.17, 15) is 13.2 Å². The fourth-order valence-corrected chi connectivity index (χ4v) is 1.85. The topological polar surface area (TPSA) is 32.3 Å². The molecule has 0 unspecified atom stereocenters. The van der Waals surface area contributed by atoms with E-state index in [0.29, 0.717) is 10.0 Å². The number of benzene rings is 1. The summed E-state index contributed by atoms with van der Waals surface area (Å²) in [6.45, 7) is -0.260. The van der Waals surface area contributed by atoms with Gasteiger partial charge in [-0.25, -0.2) is 0 Å². The Bertz CT molecular complexity index is 364. The molecule has 0 saturated carbocycles. The van der Waals surface area contributed by atoms with Gasteiger partial charge in [-0.1, -0.05) is 15.9 Å². The highest BCUT2D eigenvalue weighted by molar-refractivity contribution is 9.10. The number of nitrogens with one attached hydrogen (secondary N) is 1. The maximum absolute atomic E-state index is 12.5. The maximum atomic E-state index is 12.5. The van der Waals surface area contributed by atoms with Crippen LogP contribution in [-0.4, -0.2) is 18.8 Å². The van der Waals surface area contributed by atoms with E-state index in [1.165, 1.54) is 0 Å². The Morgan fingerprint density at radius 3 is 2.44 bits per heavy atom. The van der Waals surface area contributed by atoms with Crippen LogP contribution in [0.5, 0.6) is 0 Å². The molecule has 2 nitrogen and oxygen atoms in total. The number of rotatable bonds is 3. The van der Waals surface area contributed by atoms with E-state index >= 15 is 0 Å². The predicted octanol–water partition coefficient (Wildman–Crippen LogP) is 2.72. The van der Waals surface area contributed by atoms with Gasteiger partial charge in [0.25, 0.3) is 0 Å². The zero-order valence-corrected chi connectivity index (χ0v) is 10.1. The third-order valence-electron chi connectivity index (χ3n) is 2.18. The summed E-state index contributed by atoms with van der Waals surface area (Å²) in [6, 6.07) is 3.08. The van der Waals surface area contributed by atoms with Crippen molar-refractivity contribution in [1.29, 1.82) is 0 Å². The molecule has 1 rings (SSSR count). The second-order valence-electron chi connectivity index (χ2n) is 3.29. The summed E-state index contributed by atoms with van der Waals surface area (Å²) in [6.07, 6.45) is -4.38. The Labute approximate surface area is 99.6 Å². The fraction of sp³-hybridized carbons (Fsp3) is 0.400. The van der Waals surface area contributed by atoms with Gasteiger partial charge in [0.2, 0.25) is 0 Å². The van der Waals surface area contributed by atoms with Crippen LogP contribution in [0.15, 0.2) is 22.7 Å². The van der Waals surface area contributed by atoms with Gasteiger partial charge in [0.1, 0.15) is 0 Å². The second-order valence-corrected chi connectivity index (χ2v) is 4.21. The third-order valence-corrected chi connectivity index (χ3v) is 2.64. The average molecular weight is 298 g/mol. The van der Waals surface area contributed by atoms with E-state index < -0.39 is 17.8 Å². The highest BCUT2D eigenvalue weighted by Gasteiger charge is 2.31. The SMILES string of the molecule is CN[C@H](CO)c1cc(Br)cc(C(F)(F)F)c1. The first-order chi connectivity index (χ1) is 7.38. The van der Waals surface area contributed by atoms with E-state index in [-0.39, 0.29) is 6.61 Å². The summed E-state index contributed by atoms with van der Waals surface area (Å²) in [5.74, 6) is 0. The van der Waals surface area contributed by atoms with Gasteiger partial charge in [-0.05, 0) is 30.8 Å². The first kappa shape index (κ1) is 13.5. The van der Waals surface area contributed by atoms with Crippen LogP contribution in [0.1, 0.15) is 17.2 Å². The molecule has 0 heterocycles. The smallest absolute Gasteiger partial charge is 0.394 e. The van der Waals surface area contributed by atoms with Gasteiger partial charge in [0.15, 0.2) is 0 Å². The lowest BCUT2D eigenvalue weighted by Gasteiger charge is -2.16. The molecule has 1 aromatic carbocycles. The van der Waals surface area contributed by atoms with Crippen molar-refractivity contribution in [3.8, 4) is 0 Å². The van der Waals surface area contributed by atoms with Crippen LogP contribution in [-0.2, 0) is 6.18 Å². The minimum absolute atomic E-state index is 0.260. The Morgan fingerprint density at radius 2 is 2.00 bits per heavy atom. The molecule has 90 valence electrons. The normalized spacial score (nSPS) is 13.9. The van der Waals surface area contributed by atoms with Crippen molar-refractivity contribution in [3.05, 3.63) is 33.8 Å². The van der Waals surface area contributed by atoms with Crippen LogP contribution in [0.25, 0.3) is 0 Å². The van der Waals surface area contributed by atoms with Crippen LogP contribution < -0.4 is 5.32 Å². The lowest BCUT2D eigenvalue weighted by atomic mass is 10.0.